The molecular weight excluding hydrogens is 264 g/mol. The molecule has 0 spiro atoms. The van der Waals surface area contributed by atoms with Crippen molar-refractivity contribution in [3.63, 3.8) is 0 Å². The van der Waals surface area contributed by atoms with E-state index in [-0.39, 0.29) is 0 Å². The van der Waals surface area contributed by atoms with E-state index in [1.165, 1.54) is 0 Å². The molecule has 0 heterocycles. The average Bonchev–Trinajstić information content (AvgIpc) is 2.43. The minimum absolute atomic E-state index is 0.483. The van der Waals surface area contributed by atoms with Crippen LogP contribution in [0.15, 0.2) is 48.5 Å². The van der Waals surface area contributed by atoms with Crippen molar-refractivity contribution in [3.8, 4) is 0 Å². The molecule has 2 aromatic carbocycles. The molecule has 0 radical (unpaired) electrons. The van der Waals surface area contributed by atoms with E-state index in [4.69, 9.17) is 11.5 Å². The van der Waals surface area contributed by atoms with Gasteiger partial charge in [0, 0.05) is 0 Å². The van der Waals surface area contributed by atoms with Crippen LogP contribution in [-0.4, -0.2) is 11.8 Å². The highest BCUT2D eigenvalue weighted by molar-refractivity contribution is 6.13. The molecule has 2 rings (SSSR count). The maximum atomic E-state index is 12.2. The Hall–Kier alpha value is -2.62. The van der Waals surface area contributed by atoms with Crippen LogP contribution >= 0.6 is 0 Å². The number of carbonyl (C=O) groups excluding carboxylic acids is 2. The monoisotopic (exact) mass is 282 g/mol. The van der Waals surface area contributed by atoms with Crippen molar-refractivity contribution in [1.82, 2.24) is 0 Å². The van der Waals surface area contributed by atoms with Gasteiger partial charge in [-0.05, 0) is 25.0 Å². The lowest BCUT2D eigenvalue weighted by molar-refractivity contribution is -0.132. The van der Waals surface area contributed by atoms with Crippen LogP contribution in [0, 0.1) is 13.8 Å². The molecule has 108 valence electrons. The molecule has 4 N–H and O–H groups in total. The Bertz CT molecular complexity index is 611. The minimum atomic E-state index is -1.65. The van der Waals surface area contributed by atoms with Crippen LogP contribution in [0.3, 0.4) is 0 Å². The highest BCUT2D eigenvalue weighted by atomic mass is 16.2. The molecule has 0 aliphatic heterocycles. The number of nitrogens with two attached hydrogens (primary N) is 2. The van der Waals surface area contributed by atoms with E-state index in [0.717, 1.165) is 11.1 Å². The second kappa shape index (κ2) is 5.40. The lowest BCUT2D eigenvalue weighted by Crippen LogP contribution is -2.52. The molecule has 2 aromatic rings. The predicted octanol–water partition coefficient (Wildman–Crippen LogP) is 1.56. The van der Waals surface area contributed by atoms with Crippen molar-refractivity contribution in [3.05, 3.63) is 70.8 Å². The molecule has 0 aromatic heterocycles. The lowest BCUT2D eigenvalue weighted by atomic mass is 9.73. The Balaban J connectivity index is 2.75. The van der Waals surface area contributed by atoms with Crippen molar-refractivity contribution in [2.45, 2.75) is 19.3 Å². The Morgan fingerprint density at radius 3 is 1.24 bits per heavy atom. The van der Waals surface area contributed by atoms with Gasteiger partial charge in [-0.15, -0.1) is 0 Å². The maximum Gasteiger partial charge on any atom is 0.242 e. The van der Waals surface area contributed by atoms with E-state index >= 15 is 0 Å². The third kappa shape index (κ3) is 2.40. The van der Waals surface area contributed by atoms with Gasteiger partial charge in [0.25, 0.3) is 0 Å². The second-order valence-corrected chi connectivity index (χ2v) is 5.21. The number of carbonyl (C=O) groups is 2. The zero-order chi connectivity index (χ0) is 15.6. The van der Waals surface area contributed by atoms with E-state index in [2.05, 4.69) is 0 Å². The fourth-order valence-corrected chi connectivity index (χ4v) is 2.46. The van der Waals surface area contributed by atoms with E-state index in [9.17, 15) is 9.59 Å². The third-order valence-corrected chi connectivity index (χ3v) is 3.71. The molecule has 0 aliphatic rings. The van der Waals surface area contributed by atoms with Crippen LogP contribution in [0.1, 0.15) is 22.3 Å². The molecule has 4 heteroatoms. The lowest BCUT2D eigenvalue weighted by Gasteiger charge is -2.28. The van der Waals surface area contributed by atoms with Crippen LogP contribution in [0.25, 0.3) is 0 Å². The molecule has 2 amide bonds. The van der Waals surface area contributed by atoms with E-state index < -0.39 is 17.2 Å². The van der Waals surface area contributed by atoms with Gasteiger partial charge in [-0.3, -0.25) is 9.59 Å². The van der Waals surface area contributed by atoms with Crippen LogP contribution in [0.5, 0.6) is 0 Å². The summed E-state index contributed by atoms with van der Waals surface area (Å²) in [4.78, 5) is 24.3. The zero-order valence-corrected chi connectivity index (χ0v) is 12.1. The molecule has 0 saturated heterocycles. The summed E-state index contributed by atoms with van der Waals surface area (Å²) in [6.45, 7) is 3.84. The number of hydrogen-bond donors (Lipinski definition) is 2. The number of benzene rings is 2. The first kappa shape index (κ1) is 14.8. The van der Waals surface area contributed by atoms with Gasteiger partial charge in [0.2, 0.25) is 11.8 Å². The summed E-state index contributed by atoms with van der Waals surface area (Å²) in [6, 6.07) is 14.1. The molecular formula is C17H18N2O2. The smallest absolute Gasteiger partial charge is 0.242 e. The van der Waals surface area contributed by atoms with E-state index in [0.29, 0.717) is 11.1 Å². The fourth-order valence-electron chi connectivity index (χ4n) is 2.46. The summed E-state index contributed by atoms with van der Waals surface area (Å²) >= 11 is 0. The van der Waals surface area contributed by atoms with Crippen molar-refractivity contribution in [2.75, 3.05) is 0 Å². The topological polar surface area (TPSA) is 86.2 Å². The normalized spacial score (nSPS) is 11.1. The van der Waals surface area contributed by atoms with Crippen LogP contribution in [0.4, 0.5) is 0 Å². The van der Waals surface area contributed by atoms with Crippen molar-refractivity contribution < 1.29 is 9.59 Å². The van der Waals surface area contributed by atoms with Gasteiger partial charge < -0.3 is 11.5 Å². The minimum Gasteiger partial charge on any atom is -0.368 e. The van der Waals surface area contributed by atoms with Crippen LogP contribution in [0.2, 0.25) is 0 Å². The van der Waals surface area contributed by atoms with Crippen LogP contribution in [-0.2, 0) is 15.0 Å². The molecule has 0 fully saturated rings. The van der Waals surface area contributed by atoms with E-state index in [1.54, 1.807) is 24.3 Å². The van der Waals surface area contributed by atoms with Crippen molar-refractivity contribution >= 4 is 11.8 Å². The van der Waals surface area contributed by atoms with Gasteiger partial charge in [0.05, 0.1) is 0 Å². The number of amides is 2. The SMILES string of the molecule is Cc1ccc(C(C(N)=O)(C(N)=O)c2ccc(C)cc2)cc1. The summed E-state index contributed by atoms with van der Waals surface area (Å²) in [5, 5.41) is 0. The quantitative estimate of drug-likeness (QED) is 0.834. The Kier molecular flexibility index (Phi) is 3.80. The molecule has 0 aliphatic carbocycles. The molecule has 0 unspecified atom stereocenters. The number of rotatable bonds is 4. The first-order chi connectivity index (χ1) is 9.88. The summed E-state index contributed by atoms with van der Waals surface area (Å²) in [5.74, 6) is -1.55. The second-order valence-electron chi connectivity index (χ2n) is 5.21. The first-order valence-electron chi connectivity index (χ1n) is 6.63. The number of aryl methyl sites for hydroxylation is 2. The average molecular weight is 282 g/mol. The molecule has 0 bridgehead atoms. The molecule has 21 heavy (non-hydrogen) atoms. The van der Waals surface area contributed by atoms with E-state index in [1.807, 2.05) is 38.1 Å². The largest absolute Gasteiger partial charge is 0.368 e. The molecule has 4 nitrogen and oxygen atoms in total. The first-order valence-corrected chi connectivity index (χ1v) is 6.63. The highest BCUT2D eigenvalue weighted by Crippen LogP contribution is 2.32. The van der Waals surface area contributed by atoms with Crippen LogP contribution < -0.4 is 11.5 Å². The Morgan fingerprint density at radius 2 is 1.00 bits per heavy atom. The zero-order valence-electron chi connectivity index (χ0n) is 12.1. The third-order valence-electron chi connectivity index (χ3n) is 3.71. The predicted molar refractivity (Wildman–Crippen MR) is 81.5 cm³/mol. The molecule has 0 atom stereocenters. The Labute approximate surface area is 123 Å². The fraction of sp³-hybridized carbons (Fsp3) is 0.176. The van der Waals surface area contributed by atoms with Gasteiger partial charge in [-0.1, -0.05) is 59.7 Å². The summed E-state index contributed by atoms with van der Waals surface area (Å²) in [7, 11) is 0. The van der Waals surface area contributed by atoms with Gasteiger partial charge in [0.15, 0.2) is 5.41 Å². The maximum absolute atomic E-state index is 12.2. The standard InChI is InChI=1S/C17H18N2O2/c1-11-3-7-13(8-4-11)17(15(18)20,16(19)21)14-9-5-12(2)6-10-14/h3-10H,1-2H3,(H2,18,20)(H2,19,21). The highest BCUT2D eigenvalue weighted by Gasteiger charge is 2.46. The number of hydrogen-bond acceptors (Lipinski definition) is 2. The van der Waals surface area contributed by atoms with Crippen molar-refractivity contribution in [1.29, 1.82) is 0 Å². The van der Waals surface area contributed by atoms with Gasteiger partial charge in [-0.25, -0.2) is 0 Å². The van der Waals surface area contributed by atoms with Gasteiger partial charge in [-0.2, -0.15) is 0 Å². The summed E-state index contributed by atoms with van der Waals surface area (Å²) < 4.78 is 0. The van der Waals surface area contributed by atoms with Gasteiger partial charge >= 0.3 is 0 Å². The number of primary amides is 2. The summed E-state index contributed by atoms with van der Waals surface area (Å²) in [6.07, 6.45) is 0. The van der Waals surface area contributed by atoms with Crippen molar-refractivity contribution in [2.24, 2.45) is 11.5 Å². The Morgan fingerprint density at radius 1 is 0.714 bits per heavy atom. The van der Waals surface area contributed by atoms with Gasteiger partial charge in [0.1, 0.15) is 0 Å². The molecule has 0 saturated carbocycles. The summed E-state index contributed by atoms with van der Waals surface area (Å²) in [5.41, 5.74) is 12.5.